The van der Waals surface area contributed by atoms with Crippen LogP contribution in [0.2, 0.25) is 0 Å². The van der Waals surface area contributed by atoms with Gasteiger partial charge in [0.25, 0.3) is 0 Å². The van der Waals surface area contributed by atoms with E-state index in [4.69, 9.17) is 0 Å². The fourth-order valence-electron chi connectivity index (χ4n) is 6.83. The van der Waals surface area contributed by atoms with Crippen LogP contribution in [-0.4, -0.2) is 24.6 Å². The third kappa shape index (κ3) is 33.8. The van der Waals surface area contributed by atoms with Crippen LogP contribution < -0.4 is 0 Å². The summed E-state index contributed by atoms with van der Waals surface area (Å²) in [5, 5.41) is 0. The van der Waals surface area contributed by atoms with Crippen molar-refractivity contribution in [2.45, 2.75) is 190 Å². The molecule has 272 valence electrons. The molecule has 0 nitrogen and oxygen atoms in total. The Balaban J connectivity index is 0. The molecule has 0 heterocycles. The molecule has 0 aromatic carbocycles. The monoisotopic (exact) mass is 685 g/mol. The van der Waals surface area contributed by atoms with Crippen LogP contribution in [0.5, 0.6) is 0 Å². The Morgan fingerprint density at radius 3 is 0.886 bits per heavy atom. The van der Waals surface area contributed by atoms with Gasteiger partial charge in [-0.3, -0.25) is 0 Å². The molecule has 3 unspecified atom stereocenters. The summed E-state index contributed by atoms with van der Waals surface area (Å²) in [6.45, 7) is 17.1. The van der Waals surface area contributed by atoms with Crippen LogP contribution in [0.4, 0.5) is 25.2 Å². The van der Waals surface area contributed by atoms with Gasteiger partial charge in [0, 0.05) is 7.26 Å². The van der Waals surface area contributed by atoms with Crippen LogP contribution in [0.3, 0.4) is 0 Å². The quantitative estimate of drug-likeness (QED) is 0.0418. The molecular formula is C36H76F6P2. The normalized spacial score (nSPS) is 17.1. The first-order valence-corrected chi connectivity index (χ1v) is 23.5. The zero-order chi connectivity index (χ0) is 34.0. The van der Waals surface area contributed by atoms with Crippen molar-refractivity contribution in [3.05, 3.63) is 0 Å². The second kappa shape index (κ2) is 24.6. The summed E-state index contributed by atoms with van der Waals surface area (Å²) in [5.74, 6) is 3.01. The number of rotatable bonds is 29. The first kappa shape index (κ1) is 46.6. The predicted molar refractivity (Wildman–Crippen MR) is 192 cm³/mol. The molecule has 0 bridgehead atoms. The average molecular weight is 685 g/mol. The second-order valence-corrected chi connectivity index (χ2v) is 20.1. The maximum absolute atomic E-state index is 10.7. The van der Waals surface area contributed by atoms with Crippen molar-refractivity contribution in [2.75, 3.05) is 24.6 Å². The molecule has 0 saturated carbocycles. The predicted octanol–water partition coefficient (Wildman–Crippen LogP) is 17.0. The molecule has 0 spiro atoms. The van der Waals surface area contributed by atoms with Crippen LogP contribution in [0.15, 0.2) is 0 Å². The molecule has 3 atom stereocenters. The Kier molecular flexibility index (Phi) is 26.0. The van der Waals surface area contributed by atoms with Crippen LogP contribution in [-0.2, 0) is 0 Å². The van der Waals surface area contributed by atoms with Crippen molar-refractivity contribution >= 4 is 15.1 Å². The van der Waals surface area contributed by atoms with Gasteiger partial charge >= 0.3 is 33.0 Å². The molecule has 0 aliphatic rings. The third-order valence-corrected chi connectivity index (χ3v) is 14.7. The standard InChI is InChI=1S/C36H76P.F6P/c1-8-15-19-20-21-22-23-24-25-26-30-37(31-34(12-5)27-16-9-2,32-35(13-6)28-17-10-3)33-36(14-7)29-18-11-4;1-7(2,3,4,5)6/h34-36H,8-33H2,1-7H3;/q+1;-1. The summed E-state index contributed by atoms with van der Waals surface area (Å²) in [5.41, 5.74) is 0. The minimum absolute atomic E-state index is 0.909. The molecule has 0 radical (unpaired) electrons. The summed E-state index contributed by atoms with van der Waals surface area (Å²) >= 11 is 0. The molecule has 0 aliphatic heterocycles. The third-order valence-electron chi connectivity index (χ3n) is 9.55. The van der Waals surface area contributed by atoms with Gasteiger partial charge in [0.2, 0.25) is 0 Å². The van der Waals surface area contributed by atoms with Crippen LogP contribution >= 0.6 is 15.1 Å². The van der Waals surface area contributed by atoms with Gasteiger partial charge in [-0.05, 0) is 69.1 Å². The van der Waals surface area contributed by atoms with Crippen LogP contribution in [0.1, 0.15) is 190 Å². The summed E-state index contributed by atoms with van der Waals surface area (Å²) in [4.78, 5) is 0. The van der Waals surface area contributed by atoms with Gasteiger partial charge in [-0.15, -0.1) is 0 Å². The van der Waals surface area contributed by atoms with Crippen molar-refractivity contribution in [2.24, 2.45) is 17.8 Å². The molecule has 0 saturated heterocycles. The number of halogens is 6. The topological polar surface area (TPSA) is 0 Å². The van der Waals surface area contributed by atoms with Gasteiger partial charge in [-0.25, -0.2) is 0 Å². The molecular weight excluding hydrogens is 608 g/mol. The van der Waals surface area contributed by atoms with Crippen molar-refractivity contribution in [1.82, 2.24) is 0 Å². The van der Waals surface area contributed by atoms with E-state index >= 15 is 0 Å². The Morgan fingerprint density at radius 2 is 0.636 bits per heavy atom. The number of hydrogen-bond donors (Lipinski definition) is 0. The summed E-state index contributed by atoms with van der Waals surface area (Å²) in [6.07, 6.45) is 38.6. The Hall–Kier alpha value is 0.440. The number of hydrogen-bond acceptors (Lipinski definition) is 0. The van der Waals surface area contributed by atoms with Gasteiger partial charge in [0.1, 0.15) is 0 Å². The second-order valence-electron chi connectivity index (χ2n) is 14.0. The van der Waals surface area contributed by atoms with Crippen molar-refractivity contribution < 1.29 is 25.2 Å². The molecule has 0 fully saturated rings. The van der Waals surface area contributed by atoms with E-state index < -0.39 is 15.1 Å². The average Bonchev–Trinajstić information content (AvgIpc) is 2.94. The Bertz CT molecular complexity index is 581. The molecule has 0 N–H and O–H groups in total. The fourth-order valence-corrected chi connectivity index (χ4v) is 13.3. The van der Waals surface area contributed by atoms with E-state index in [-0.39, 0.29) is 0 Å². The SMILES string of the molecule is CCCCCCCCCCCC[P+](CC(CC)CCCC)(CC(CC)CCCC)CC(CC)CCCC.F[P-](F)(F)(F)(F)F. The van der Waals surface area contributed by atoms with Gasteiger partial charge < -0.3 is 0 Å². The zero-order valence-electron chi connectivity index (χ0n) is 30.3. The number of unbranched alkanes of at least 4 members (excludes halogenated alkanes) is 12. The molecule has 44 heavy (non-hydrogen) atoms. The maximum atomic E-state index is 9.87. The minimum atomic E-state index is -10.7. The van der Waals surface area contributed by atoms with Gasteiger partial charge in [0.15, 0.2) is 0 Å². The van der Waals surface area contributed by atoms with Gasteiger partial charge in [-0.2, -0.15) is 0 Å². The van der Waals surface area contributed by atoms with Crippen molar-refractivity contribution in [3.63, 3.8) is 0 Å². The van der Waals surface area contributed by atoms with E-state index in [2.05, 4.69) is 48.5 Å². The first-order chi connectivity index (χ1) is 20.5. The summed E-state index contributed by atoms with van der Waals surface area (Å²) in [6, 6.07) is 0. The van der Waals surface area contributed by atoms with E-state index in [1.807, 2.05) is 0 Å². The van der Waals surface area contributed by atoms with E-state index in [9.17, 15) is 25.2 Å². The van der Waals surface area contributed by atoms with Gasteiger partial charge in [-0.1, -0.05) is 138 Å². The molecule has 8 heteroatoms. The molecule has 0 aromatic heterocycles. The van der Waals surface area contributed by atoms with E-state index in [0.29, 0.717) is 0 Å². The summed E-state index contributed by atoms with van der Waals surface area (Å²) < 4.78 is 59.2. The molecule has 0 aromatic rings. The van der Waals surface area contributed by atoms with E-state index in [1.54, 1.807) is 31.1 Å². The van der Waals surface area contributed by atoms with E-state index in [1.165, 1.54) is 135 Å². The van der Waals surface area contributed by atoms with E-state index in [0.717, 1.165) is 17.8 Å². The fraction of sp³-hybridized carbons (Fsp3) is 1.00. The molecule has 0 amide bonds. The van der Waals surface area contributed by atoms with Gasteiger partial charge in [0.05, 0.1) is 24.6 Å². The zero-order valence-corrected chi connectivity index (χ0v) is 32.1. The van der Waals surface area contributed by atoms with Crippen LogP contribution in [0, 0.1) is 17.8 Å². The Morgan fingerprint density at radius 1 is 0.386 bits per heavy atom. The van der Waals surface area contributed by atoms with Crippen molar-refractivity contribution in [1.29, 1.82) is 0 Å². The van der Waals surface area contributed by atoms with Crippen LogP contribution in [0.25, 0.3) is 0 Å². The Labute approximate surface area is 272 Å². The molecule has 0 aliphatic carbocycles. The first-order valence-electron chi connectivity index (χ1n) is 18.9. The van der Waals surface area contributed by atoms with Crippen molar-refractivity contribution in [3.8, 4) is 0 Å². The molecule has 0 rings (SSSR count). The summed E-state index contributed by atoms with van der Waals surface area (Å²) in [7, 11) is -11.6.